The highest BCUT2D eigenvalue weighted by molar-refractivity contribution is 5.86. The van der Waals surface area contributed by atoms with Crippen molar-refractivity contribution < 1.29 is 9.90 Å². The van der Waals surface area contributed by atoms with Crippen LogP contribution in [0.25, 0.3) is 10.8 Å². The van der Waals surface area contributed by atoms with Crippen LogP contribution in [0, 0.1) is 5.92 Å². The Balaban J connectivity index is 2.31. The molecule has 0 aliphatic rings. The second-order valence-electron chi connectivity index (χ2n) is 5.52. The highest BCUT2D eigenvalue weighted by Gasteiger charge is 2.23. The van der Waals surface area contributed by atoms with Crippen LogP contribution in [0.1, 0.15) is 32.4 Å². The highest BCUT2D eigenvalue weighted by atomic mass is 16.4. The summed E-state index contributed by atoms with van der Waals surface area (Å²) in [5, 5.41) is 14.9. The quantitative estimate of drug-likeness (QED) is 0.873. The number of carboxylic acids is 1. The van der Waals surface area contributed by atoms with Crippen LogP contribution in [0.4, 0.5) is 0 Å². The van der Waals surface area contributed by atoms with Gasteiger partial charge in [-0.1, -0.05) is 56.3 Å². The van der Waals surface area contributed by atoms with E-state index in [9.17, 15) is 9.90 Å². The van der Waals surface area contributed by atoms with Crippen LogP contribution < -0.4 is 5.32 Å². The van der Waals surface area contributed by atoms with Gasteiger partial charge in [0.2, 0.25) is 0 Å². The molecule has 2 unspecified atom stereocenters. The zero-order valence-corrected chi connectivity index (χ0v) is 12.1. The molecule has 2 N–H and O–H groups in total. The highest BCUT2D eigenvalue weighted by Crippen LogP contribution is 2.24. The Morgan fingerprint density at radius 3 is 2.35 bits per heavy atom. The fourth-order valence-electron chi connectivity index (χ4n) is 2.54. The Kier molecular flexibility index (Phi) is 4.40. The molecule has 3 nitrogen and oxygen atoms in total. The average Bonchev–Trinajstić information content (AvgIpc) is 2.43. The Labute approximate surface area is 119 Å². The largest absolute Gasteiger partial charge is 0.480 e. The van der Waals surface area contributed by atoms with E-state index in [-0.39, 0.29) is 12.0 Å². The van der Waals surface area contributed by atoms with Gasteiger partial charge in [0.1, 0.15) is 6.04 Å². The molecule has 0 fully saturated rings. The van der Waals surface area contributed by atoms with Gasteiger partial charge in [0.05, 0.1) is 0 Å². The van der Waals surface area contributed by atoms with E-state index >= 15 is 0 Å². The fraction of sp³-hybridized carbons (Fsp3) is 0.353. The van der Waals surface area contributed by atoms with Gasteiger partial charge >= 0.3 is 5.97 Å². The van der Waals surface area contributed by atoms with Crippen LogP contribution in [0.3, 0.4) is 0 Å². The minimum absolute atomic E-state index is 0.00963. The molecule has 0 aliphatic carbocycles. The first-order chi connectivity index (χ1) is 9.50. The lowest BCUT2D eigenvalue weighted by Gasteiger charge is -2.24. The molecule has 2 rings (SSSR count). The van der Waals surface area contributed by atoms with Crippen molar-refractivity contribution in [2.45, 2.75) is 32.9 Å². The predicted octanol–water partition coefficient (Wildman–Crippen LogP) is 3.60. The van der Waals surface area contributed by atoms with Gasteiger partial charge in [0, 0.05) is 6.04 Å². The Bertz CT molecular complexity index is 601. The van der Waals surface area contributed by atoms with Gasteiger partial charge in [-0.05, 0) is 29.2 Å². The summed E-state index contributed by atoms with van der Waals surface area (Å²) in [4.78, 5) is 11.3. The molecular weight excluding hydrogens is 250 g/mol. The van der Waals surface area contributed by atoms with Gasteiger partial charge in [-0.15, -0.1) is 0 Å². The summed E-state index contributed by atoms with van der Waals surface area (Å²) in [7, 11) is 0. The second-order valence-corrected chi connectivity index (χ2v) is 5.52. The van der Waals surface area contributed by atoms with Gasteiger partial charge in [-0.25, -0.2) is 0 Å². The van der Waals surface area contributed by atoms with Crippen LogP contribution in [0.5, 0.6) is 0 Å². The molecule has 20 heavy (non-hydrogen) atoms. The average molecular weight is 271 g/mol. The SMILES string of the molecule is CC(NC(C(=O)O)C(C)C)c1cccc2ccccc12. The molecule has 0 bridgehead atoms. The smallest absolute Gasteiger partial charge is 0.320 e. The number of hydrogen-bond acceptors (Lipinski definition) is 2. The number of carbonyl (C=O) groups is 1. The molecule has 0 saturated carbocycles. The molecule has 0 saturated heterocycles. The van der Waals surface area contributed by atoms with Gasteiger partial charge in [-0.3, -0.25) is 10.1 Å². The van der Waals surface area contributed by atoms with Crippen LogP contribution in [-0.2, 0) is 4.79 Å². The summed E-state index contributed by atoms with van der Waals surface area (Å²) in [6, 6.07) is 13.8. The first-order valence-electron chi connectivity index (χ1n) is 6.97. The maximum atomic E-state index is 11.3. The van der Waals surface area contributed by atoms with Crippen molar-refractivity contribution in [1.29, 1.82) is 0 Å². The summed E-state index contributed by atoms with van der Waals surface area (Å²) in [5.74, 6) is -0.753. The lowest BCUT2D eigenvalue weighted by Crippen LogP contribution is -2.42. The summed E-state index contributed by atoms with van der Waals surface area (Å²) in [6.45, 7) is 5.85. The molecule has 0 radical (unpaired) electrons. The summed E-state index contributed by atoms with van der Waals surface area (Å²) >= 11 is 0. The maximum absolute atomic E-state index is 11.3. The maximum Gasteiger partial charge on any atom is 0.320 e. The van der Waals surface area contributed by atoms with Crippen molar-refractivity contribution in [3.63, 3.8) is 0 Å². The monoisotopic (exact) mass is 271 g/mol. The molecule has 0 aliphatic heterocycles. The zero-order chi connectivity index (χ0) is 14.7. The molecule has 0 heterocycles. The minimum atomic E-state index is -0.799. The standard InChI is InChI=1S/C17H21NO2/c1-11(2)16(17(19)20)18-12(3)14-10-6-8-13-7-4-5-9-15(13)14/h4-12,16,18H,1-3H3,(H,19,20). The van der Waals surface area contributed by atoms with Crippen molar-refractivity contribution in [2.24, 2.45) is 5.92 Å². The van der Waals surface area contributed by atoms with E-state index in [1.54, 1.807) is 0 Å². The first-order valence-corrected chi connectivity index (χ1v) is 6.97. The van der Waals surface area contributed by atoms with E-state index in [0.717, 1.165) is 5.56 Å². The third-order valence-corrected chi connectivity index (χ3v) is 3.65. The molecule has 2 aromatic carbocycles. The van der Waals surface area contributed by atoms with Crippen molar-refractivity contribution in [3.8, 4) is 0 Å². The van der Waals surface area contributed by atoms with E-state index in [4.69, 9.17) is 0 Å². The number of carboxylic acid groups (broad SMARTS) is 1. The van der Waals surface area contributed by atoms with Crippen LogP contribution in [0.2, 0.25) is 0 Å². The van der Waals surface area contributed by atoms with Gasteiger partial charge < -0.3 is 5.11 Å². The Morgan fingerprint density at radius 2 is 1.70 bits per heavy atom. The molecule has 0 spiro atoms. The minimum Gasteiger partial charge on any atom is -0.480 e. The lowest BCUT2D eigenvalue weighted by molar-refractivity contribution is -0.140. The van der Waals surface area contributed by atoms with Gasteiger partial charge in [-0.2, -0.15) is 0 Å². The first kappa shape index (κ1) is 14.5. The zero-order valence-electron chi connectivity index (χ0n) is 12.1. The third-order valence-electron chi connectivity index (χ3n) is 3.65. The number of hydrogen-bond donors (Lipinski definition) is 2. The van der Waals surface area contributed by atoms with Crippen molar-refractivity contribution in [2.75, 3.05) is 0 Å². The van der Waals surface area contributed by atoms with Gasteiger partial charge in [0.25, 0.3) is 0 Å². The Hall–Kier alpha value is -1.87. The number of fused-ring (bicyclic) bond motifs is 1. The number of rotatable bonds is 5. The summed E-state index contributed by atoms with van der Waals surface area (Å²) in [5.41, 5.74) is 1.13. The molecule has 2 atom stereocenters. The molecule has 106 valence electrons. The molecule has 0 aromatic heterocycles. The number of benzene rings is 2. The van der Waals surface area contributed by atoms with Crippen molar-refractivity contribution >= 4 is 16.7 Å². The molecule has 3 heteroatoms. The van der Waals surface area contributed by atoms with E-state index in [1.807, 2.05) is 39.0 Å². The van der Waals surface area contributed by atoms with Gasteiger partial charge in [0.15, 0.2) is 0 Å². The van der Waals surface area contributed by atoms with Crippen molar-refractivity contribution in [1.82, 2.24) is 5.32 Å². The van der Waals surface area contributed by atoms with E-state index < -0.39 is 12.0 Å². The third kappa shape index (κ3) is 2.99. The van der Waals surface area contributed by atoms with E-state index in [2.05, 4.69) is 29.6 Å². The summed E-state index contributed by atoms with van der Waals surface area (Å²) in [6.07, 6.45) is 0. The van der Waals surface area contributed by atoms with E-state index in [0.29, 0.717) is 0 Å². The predicted molar refractivity (Wildman–Crippen MR) is 81.8 cm³/mol. The van der Waals surface area contributed by atoms with Crippen LogP contribution in [0.15, 0.2) is 42.5 Å². The normalized spacial score (nSPS) is 14.4. The Morgan fingerprint density at radius 1 is 1.05 bits per heavy atom. The second kappa shape index (κ2) is 6.06. The lowest BCUT2D eigenvalue weighted by atomic mass is 9.97. The topological polar surface area (TPSA) is 49.3 Å². The van der Waals surface area contributed by atoms with Crippen LogP contribution >= 0.6 is 0 Å². The number of aliphatic carboxylic acids is 1. The van der Waals surface area contributed by atoms with Crippen LogP contribution in [-0.4, -0.2) is 17.1 Å². The molecular formula is C17H21NO2. The number of nitrogens with one attached hydrogen (secondary N) is 1. The van der Waals surface area contributed by atoms with Crippen molar-refractivity contribution in [3.05, 3.63) is 48.0 Å². The molecule has 0 amide bonds. The molecule has 2 aromatic rings. The fourth-order valence-corrected chi connectivity index (χ4v) is 2.54. The van der Waals surface area contributed by atoms with E-state index in [1.165, 1.54) is 10.8 Å². The summed E-state index contributed by atoms with van der Waals surface area (Å²) < 4.78 is 0.